The van der Waals surface area contributed by atoms with Crippen molar-refractivity contribution in [3.63, 3.8) is 0 Å². The summed E-state index contributed by atoms with van der Waals surface area (Å²) in [6, 6.07) is 3.57. The lowest BCUT2D eigenvalue weighted by molar-refractivity contribution is -0.130. The van der Waals surface area contributed by atoms with Crippen molar-refractivity contribution >= 4 is 22.5 Å². The van der Waals surface area contributed by atoms with Crippen molar-refractivity contribution in [2.45, 2.75) is 25.4 Å². The molecule has 1 saturated heterocycles. The highest BCUT2D eigenvalue weighted by atomic mass is 19.1. The number of alkyl halides is 1. The first kappa shape index (κ1) is 18.4. The van der Waals surface area contributed by atoms with Gasteiger partial charge in [0.15, 0.2) is 5.67 Å². The predicted molar refractivity (Wildman–Crippen MR) is 103 cm³/mol. The molecule has 146 valence electrons. The van der Waals surface area contributed by atoms with E-state index in [4.69, 9.17) is 0 Å². The number of aryl methyl sites for hydroxylation is 1. The van der Waals surface area contributed by atoms with Crippen LogP contribution in [-0.2, 0) is 11.8 Å². The summed E-state index contributed by atoms with van der Waals surface area (Å²) in [7, 11) is 1.78. The number of aromatic nitrogens is 5. The van der Waals surface area contributed by atoms with Crippen LogP contribution in [0.15, 0.2) is 30.7 Å². The van der Waals surface area contributed by atoms with Crippen LogP contribution in [0.2, 0.25) is 0 Å². The number of carbonyl (C=O) groups excluding carboxylic acids is 1. The molecule has 0 aromatic carbocycles. The highest BCUT2D eigenvalue weighted by Gasteiger charge is 2.41. The summed E-state index contributed by atoms with van der Waals surface area (Å²) in [5, 5.41) is 12.3. The molecule has 1 aliphatic heterocycles. The van der Waals surface area contributed by atoms with Gasteiger partial charge < -0.3 is 10.2 Å². The number of hydrogen-bond acceptors (Lipinski definition) is 6. The molecule has 0 atom stereocenters. The van der Waals surface area contributed by atoms with Gasteiger partial charge in [0.25, 0.3) is 5.91 Å². The Morgan fingerprint density at radius 3 is 2.61 bits per heavy atom. The predicted octanol–water partition coefficient (Wildman–Crippen LogP) is 2.19. The minimum absolute atomic E-state index is 0.195. The summed E-state index contributed by atoms with van der Waals surface area (Å²) in [6.45, 7) is 4.07. The maximum absolute atomic E-state index is 15.1. The lowest BCUT2D eigenvalue weighted by Gasteiger charge is -2.34. The average molecular weight is 383 g/mol. The van der Waals surface area contributed by atoms with Crippen molar-refractivity contribution in [2.24, 2.45) is 7.05 Å². The fourth-order valence-electron chi connectivity index (χ4n) is 3.39. The Labute approximate surface area is 161 Å². The van der Waals surface area contributed by atoms with E-state index in [0.717, 1.165) is 17.3 Å². The first-order chi connectivity index (χ1) is 13.5. The van der Waals surface area contributed by atoms with E-state index in [2.05, 4.69) is 30.5 Å². The third-order valence-electron chi connectivity index (χ3n) is 5.21. The van der Waals surface area contributed by atoms with Crippen LogP contribution in [0, 0.1) is 0 Å². The molecule has 9 heteroatoms. The Morgan fingerprint density at radius 1 is 1.18 bits per heavy atom. The number of fused-ring (bicyclic) bond motifs is 1. The zero-order valence-electron chi connectivity index (χ0n) is 15.9. The molecule has 0 unspecified atom stereocenters. The highest BCUT2D eigenvalue weighted by Crippen LogP contribution is 2.28. The van der Waals surface area contributed by atoms with Gasteiger partial charge in [-0.25, -0.2) is 9.37 Å². The number of likely N-dealkylation sites (tertiary alicyclic amines) is 1. The van der Waals surface area contributed by atoms with Crippen LogP contribution in [0.1, 0.15) is 19.8 Å². The normalized spacial score (nSPS) is 17.0. The standard InChI is InChI=1S/C19H22FN7O/c1-3-27-6-4-19(20,5-7-27)18(28)23-17-9-13-8-15(16-12-26(2)25-24-16)21-10-14(13)11-22-17/h8-12H,3-7H2,1-2H3,(H,22,23,28). The smallest absolute Gasteiger partial charge is 0.263 e. The molecule has 4 heterocycles. The molecule has 1 N–H and O–H groups in total. The lowest BCUT2D eigenvalue weighted by Crippen LogP contribution is -2.48. The van der Waals surface area contributed by atoms with Crippen molar-refractivity contribution in [1.29, 1.82) is 0 Å². The molecular weight excluding hydrogens is 361 g/mol. The van der Waals surface area contributed by atoms with Gasteiger partial charge in [0.2, 0.25) is 0 Å². The summed E-state index contributed by atoms with van der Waals surface area (Å²) in [6.07, 6.45) is 5.47. The summed E-state index contributed by atoms with van der Waals surface area (Å²) in [5.74, 6) is -0.304. The first-order valence-electron chi connectivity index (χ1n) is 9.32. The van der Waals surface area contributed by atoms with Gasteiger partial charge in [-0.15, -0.1) is 5.10 Å². The van der Waals surface area contributed by atoms with Crippen molar-refractivity contribution in [1.82, 2.24) is 29.9 Å². The number of amides is 1. The minimum atomic E-state index is -1.86. The van der Waals surface area contributed by atoms with E-state index in [1.165, 1.54) is 0 Å². The number of piperidine rings is 1. The molecule has 8 nitrogen and oxygen atoms in total. The van der Waals surface area contributed by atoms with Gasteiger partial charge in [0.1, 0.15) is 11.5 Å². The number of halogens is 1. The lowest BCUT2D eigenvalue weighted by atomic mass is 9.92. The highest BCUT2D eigenvalue weighted by molar-refractivity contribution is 5.98. The Hall–Kier alpha value is -2.94. The van der Waals surface area contributed by atoms with E-state index in [-0.39, 0.29) is 12.8 Å². The number of pyridine rings is 2. The van der Waals surface area contributed by atoms with Gasteiger partial charge >= 0.3 is 0 Å². The molecule has 1 fully saturated rings. The minimum Gasteiger partial charge on any atom is -0.308 e. The van der Waals surface area contributed by atoms with Gasteiger partial charge in [-0.1, -0.05) is 12.1 Å². The number of nitrogens with one attached hydrogen (secondary N) is 1. The maximum atomic E-state index is 15.1. The summed E-state index contributed by atoms with van der Waals surface area (Å²) >= 11 is 0. The van der Waals surface area contributed by atoms with Gasteiger partial charge in [-0.05, 0) is 24.1 Å². The molecule has 1 amide bonds. The second-order valence-electron chi connectivity index (χ2n) is 7.12. The number of rotatable bonds is 4. The number of hydrogen-bond donors (Lipinski definition) is 1. The van der Waals surface area contributed by atoms with E-state index >= 15 is 4.39 Å². The second-order valence-corrected chi connectivity index (χ2v) is 7.12. The Morgan fingerprint density at radius 2 is 1.93 bits per heavy atom. The zero-order valence-corrected chi connectivity index (χ0v) is 15.9. The molecule has 0 bridgehead atoms. The molecular formula is C19H22FN7O. The molecule has 3 aromatic rings. The van der Waals surface area contributed by atoms with Crippen LogP contribution >= 0.6 is 0 Å². The van der Waals surface area contributed by atoms with Crippen molar-refractivity contribution in [3.8, 4) is 11.4 Å². The first-order valence-corrected chi connectivity index (χ1v) is 9.32. The molecule has 4 rings (SSSR count). The van der Waals surface area contributed by atoms with Crippen LogP contribution in [-0.4, -0.2) is 61.1 Å². The number of carbonyl (C=O) groups is 1. The molecule has 0 spiro atoms. The fraction of sp³-hybridized carbons (Fsp3) is 0.421. The Balaban J connectivity index is 1.54. The molecule has 0 radical (unpaired) electrons. The third-order valence-corrected chi connectivity index (χ3v) is 5.21. The van der Waals surface area contributed by atoms with Crippen molar-refractivity contribution < 1.29 is 9.18 Å². The Kier molecular flexibility index (Phi) is 4.76. The fourth-order valence-corrected chi connectivity index (χ4v) is 3.39. The monoisotopic (exact) mass is 383 g/mol. The van der Waals surface area contributed by atoms with E-state index in [9.17, 15) is 4.79 Å². The molecule has 0 aliphatic carbocycles. The van der Waals surface area contributed by atoms with Gasteiger partial charge in [-0.3, -0.25) is 14.5 Å². The summed E-state index contributed by atoms with van der Waals surface area (Å²) in [4.78, 5) is 23.3. The van der Waals surface area contributed by atoms with Gasteiger partial charge in [0, 0.05) is 50.8 Å². The molecule has 1 aliphatic rings. The Bertz CT molecular complexity index is 1010. The quantitative estimate of drug-likeness (QED) is 0.743. The van der Waals surface area contributed by atoms with Crippen LogP contribution in [0.5, 0.6) is 0 Å². The third kappa shape index (κ3) is 3.57. The number of nitrogens with zero attached hydrogens (tertiary/aromatic N) is 6. The largest absolute Gasteiger partial charge is 0.308 e. The number of anilines is 1. The zero-order chi connectivity index (χ0) is 19.7. The van der Waals surface area contributed by atoms with E-state index < -0.39 is 11.6 Å². The van der Waals surface area contributed by atoms with Crippen LogP contribution in [0.3, 0.4) is 0 Å². The average Bonchev–Trinajstić information content (AvgIpc) is 3.14. The summed E-state index contributed by atoms with van der Waals surface area (Å²) in [5.41, 5.74) is -0.541. The van der Waals surface area contributed by atoms with Crippen molar-refractivity contribution in [2.75, 3.05) is 25.0 Å². The molecule has 0 saturated carbocycles. The van der Waals surface area contributed by atoms with Gasteiger partial charge in [-0.2, -0.15) is 0 Å². The van der Waals surface area contributed by atoms with E-state index in [1.54, 1.807) is 36.4 Å². The second kappa shape index (κ2) is 7.23. The van der Waals surface area contributed by atoms with E-state index in [1.807, 2.05) is 13.0 Å². The maximum Gasteiger partial charge on any atom is 0.263 e. The van der Waals surface area contributed by atoms with E-state index in [0.29, 0.717) is 30.3 Å². The molecule has 3 aromatic heterocycles. The van der Waals surface area contributed by atoms with Gasteiger partial charge in [0.05, 0.1) is 11.9 Å². The molecule has 28 heavy (non-hydrogen) atoms. The van der Waals surface area contributed by atoms with Crippen LogP contribution < -0.4 is 5.32 Å². The topological polar surface area (TPSA) is 88.8 Å². The van der Waals surface area contributed by atoms with Crippen LogP contribution in [0.25, 0.3) is 22.2 Å². The summed E-state index contributed by atoms with van der Waals surface area (Å²) < 4.78 is 16.7. The van der Waals surface area contributed by atoms with Crippen molar-refractivity contribution in [3.05, 3.63) is 30.7 Å². The van der Waals surface area contributed by atoms with Crippen LogP contribution in [0.4, 0.5) is 10.2 Å². The SMILES string of the molecule is CCN1CCC(F)(C(=O)Nc2cc3cc(-c4cn(C)nn4)ncc3cn2)CC1.